The lowest BCUT2D eigenvalue weighted by Crippen LogP contribution is -2.31. The first-order chi connectivity index (χ1) is 15.2. The van der Waals surface area contributed by atoms with Gasteiger partial charge in [0.2, 0.25) is 5.75 Å². The second-order valence-corrected chi connectivity index (χ2v) is 9.48. The number of nitrogens with one attached hydrogen (secondary N) is 2. The first-order valence-corrected chi connectivity index (χ1v) is 10.9. The van der Waals surface area contributed by atoms with E-state index in [9.17, 15) is 4.79 Å². The van der Waals surface area contributed by atoms with Crippen molar-refractivity contribution < 1.29 is 19.0 Å². The number of carbonyl (C=O) groups excluding carboxylic acids is 1. The quantitative estimate of drug-likeness (QED) is 0.655. The molecule has 0 bridgehead atoms. The molecular formula is C26H32N2O4. The Morgan fingerprint density at radius 3 is 2.03 bits per heavy atom. The summed E-state index contributed by atoms with van der Waals surface area (Å²) in [6, 6.07) is 7.77. The van der Waals surface area contributed by atoms with E-state index in [1.54, 1.807) is 21.3 Å². The van der Waals surface area contributed by atoms with Crippen molar-refractivity contribution in [3.63, 3.8) is 0 Å². The number of carbonyl (C=O) groups is 1. The fourth-order valence-corrected chi connectivity index (χ4v) is 4.73. The molecule has 4 rings (SSSR count). The Balaban J connectivity index is 1.94. The van der Waals surface area contributed by atoms with Gasteiger partial charge in [0.15, 0.2) is 17.3 Å². The van der Waals surface area contributed by atoms with E-state index in [2.05, 4.69) is 50.5 Å². The molecule has 6 nitrogen and oxygen atoms in total. The number of anilines is 2. The van der Waals surface area contributed by atoms with Crippen LogP contribution in [0.3, 0.4) is 0 Å². The third kappa shape index (κ3) is 3.78. The van der Waals surface area contributed by atoms with Crippen molar-refractivity contribution in [2.75, 3.05) is 32.0 Å². The minimum absolute atomic E-state index is 0.104. The summed E-state index contributed by atoms with van der Waals surface area (Å²) in [6.45, 7) is 8.48. The number of fused-ring (bicyclic) bond motifs is 1. The normalized spacial score (nSPS) is 19.2. The summed E-state index contributed by atoms with van der Waals surface area (Å²) in [7, 11) is 4.79. The van der Waals surface area contributed by atoms with Gasteiger partial charge in [0.25, 0.3) is 0 Å². The molecule has 0 unspecified atom stereocenters. The lowest BCUT2D eigenvalue weighted by Gasteiger charge is -2.34. The number of benzene rings is 2. The molecule has 2 aromatic rings. The molecule has 1 aliphatic heterocycles. The maximum absolute atomic E-state index is 13.5. The highest BCUT2D eigenvalue weighted by atomic mass is 16.5. The van der Waals surface area contributed by atoms with Crippen molar-refractivity contribution in [3.8, 4) is 17.2 Å². The van der Waals surface area contributed by atoms with Crippen molar-refractivity contribution in [2.45, 2.75) is 46.6 Å². The molecule has 1 atom stereocenters. The van der Waals surface area contributed by atoms with Gasteiger partial charge in [0.1, 0.15) is 0 Å². The first kappa shape index (κ1) is 22.1. The van der Waals surface area contributed by atoms with Crippen molar-refractivity contribution >= 4 is 17.2 Å². The third-order valence-corrected chi connectivity index (χ3v) is 6.45. The summed E-state index contributed by atoms with van der Waals surface area (Å²) >= 11 is 0. The number of hydrogen-bond acceptors (Lipinski definition) is 6. The maximum Gasteiger partial charge on any atom is 0.203 e. The van der Waals surface area contributed by atoms with Crippen LogP contribution in [0.1, 0.15) is 49.4 Å². The lowest BCUT2D eigenvalue weighted by atomic mass is 9.73. The fraction of sp³-hybridized carbons (Fsp3) is 0.423. The molecule has 0 spiro atoms. The average Bonchev–Trinajstić information content (AvgIpc) is 2.88. The minimum atomic E-state index is -0.349. The minimum Gasteiger partial charge on any atom is -0.493 e. The molecule has 0 radical (unpaired) electrons. The SMILES string of the molecule is COc1cc([C@H]2Nc3cc(C)c(C)cc3NC3=C2C(=O)CC(C)(C)C3)cc(OC)c1OC. The molecular weight excluding hydrogens is 404 g/mol. The molecule has 1 heterocycles. The van der Waals surface area contributed by atoms with Gasteiger partial charge in [-0.05, 0) is 66.6 Å². The van der Waals surface area contributed by atoms with E-state index >= 15 is 0 Å². The number of rotatable bonds is 4. The molecule has 1 aliphatic carbocycles. The molecule has 0 saturated carbocycles. The predicted octanol–water partition coefficient (Wildman–Crippen LogP) is 5.55. The van der Waals surface area contributed by atoms with Gasteiger partial charge in [-0.25, -0.2) is 0 Å². The molecule has 2 N–H and O–H groups in total. The number of hydrogen-bond donors (Lipinski definition) is 2. The lowest BCUT2D eigenvalue weighted by molar-refractivity contribution is -0.118. The van der Waals surface area contributed by atoms with Crippen LogP contribution in [-0.4, -0.2) is 27.1 Å². The number of ketones is 1. The van der Waals surface area contributed by atoms with E-state index in [0.717, 1.165) is 34.6 Å². The van der Waals surface area contributed by atoms with E-state index in [1.165, 1.54) is 11.1 Å². The van der Waals surface area contributed by atoms with Crippen LogP contribution in [0.15, 0.2) is 35.5 Å². The second kappa shape index (κ2) is 8.08. The summed E-state index contributed by atoms with van der Waals surface area (Å²) in [4.78, 5) is 13.5. The van der Waals surface area contributed by atoms with Gasteiger partial charge < -0.3 is 24.8 Å². The van der Waals surface area contributed by atoms with Crippen LogP contribution in [0, 0.1) is 19.3 Å². The van der Waals surface area contributed by atoms with E-state index in [1.807, 2.05) is 12.1 Å². The molecule has 0 fully saturated rings. The summed E-state index contributed by atoms with van der Waals surface area (Å²) in [5.74, 6) is 1.80. The number of methoxy groups -OCH3 is 3. The highest BCUT2D eigenvalue weighted by molar-refractivity contribution is 6.01. The number of Topliss-reactive ketones (excluding diaryl/α,β-unsaturated/α-hetero) is 1. The average molecular weight is 437 g/mol. The molecule has 2 aliphatic rings. The number of aryl methyl sites for hydroxylation is 2. The summed E-state index contributed by atoms with van der Waals surface area (Å²) in [5.41, 5.74) is 6.86. The third-order valence-electron chi connectivity index (χ3n) is 6.45. The largest absolute Gasteiger partial charge is 0.493 e. The van der Waals surface area contributed by atoms with Crippen LogP contribution in [0.25, 0.3) is 0 Å². The van der Waals surface area contributed by atoms with E-state index in [-0.39, 0.29) is 17.2 Å². The molecule has 6 heteroatoms. The summed E-state index contributed by atoms with van der Waals surface area (Å²) in [5, 5.41) is 7.25. The Labute approximate surface area is 189 Å². The van der Waals surface area contributed by atoms with Gasteiger partial charge in [-0.2, -0.15) is 0 Å². The standard InChI is InChI=1S/C26H32N2O4/c1-14-8-17-18(9-15(14)2)28-24(23-19(27-17)12-26(3,4)13-20(23)29)16-10-21(30-5)25(32-7)22(11-16)31-6/h8-11,24,27-28H,12-13H2,1-7H3/t24-/m1/s1. The molecule has 170 valence electrons. The van der Waals surface area contributed by atoms with Crippen LogP contribution in [0.5, 0.6) is 17.2 Å². The fourth-order valence-electron chi connectivity index (χ4n) is 4.73. The molecule has 0 aromatic heterocycles. The molecule has 2 aromatic carbocycles. The Bertz CT molecular complexity index is 1090. The Hall–Kier alpha value is -3.15. The Kier molecular flexibility index (Phi) is 5.57. The zero-order chi connectivity index (χ0) is 23.2. The van der Waals surface area contributed by atoms with Crippen molar-refractivity contribution in [3.05, 3.63) is 52.2 Å². The first-order valence-electron chi connectivity index (χ1n) is 10.9. The topological polar surface area (TPSA) is 68.8 Å². The smallest absolute Gasteiger partial charge is 0.203 e. The van der Waals surface area contributed by atoms with Crippen LogP contribution in [-0.2, 0) is 4.79 Å². The van der Waals surface area contributed by atoms with Crippen LogP contribution in [0.2, 0.25) is 0 Å². The van der Waals surface area contributed by atoms with E-state index in [0.29, 0.717) is 23.7 Å². The summed E-state index contributed by atoms with van der Waals surface area (Å²) in [6.07, 6.45) is 1.30. The number of ether oxygens (including phenoxy) is 3. The van der Waals surface area contributed by atoms with E-state index < -0.39 is 0 Å². The highest BCUT2D eigenvalue weighted by Crippen LogP contribution is 2.48. The Morgan fingerprint density at radius 1 is 0.875 bits per heavy atom. The van der Waals surface area contributed by atoms with Gasteiger partial charge in [-0.3, -0.25) is 4.79 Å². The summed E-state index contributed by atoms with van der Waals surface area (Å²) < 4.78 is 16.7. The van der Waals surface area contributed by atoms with Crippen LogP contribution >= 0.6 is 0 Å². The molecule has 0 saturated heterocycles. The van der Waals surface area contributed by atoms with Crippen LogP contribution in [0.4, 0.5) is 11.4 Å². The van der Waals surface area contributed by atoms with Crippen molar-refractivity contribution in [2.24, 2.45) is 5.41 Å². The van der Waals surface area contributed by atoms with Gasteiger partial charge in [-0.1, -0.05) is 13.8 Å². The maximum atomic E-state index is 13.5. The van der Waals surface area contributed by atoms with E-state index in [4.69, 9.17) is 14.2 Å². The van der Waals surface area contributed by atoms with Crippen LogP contribution < -0.4 is 24.8 Å². The van der Waals surface area contributed by atoms with Crippen molar-refractivity contribution in [1.82, 2.24) is 0 Å². The monoisotopic (exact) mass is 436 g/mol. The Morgan fingerprint density at radius 2 is 1.47 bits per heavy atom. The van der Waals surface area contributed by atoms with Gasteiger partial charge in [-0.15, -0.1) is 0 Å². The second-order valence-electron chi connectivity index (χ2n) is 9.48. The van der Waals surface area contributed by atoms with Gasteiger partial charge in [0.05, 0.1) is 38.7 Å². The van der Waals surface area contributed by atoms with Gasteiger partial charge >= 0.3 is 0 Å². The predicted molar refractivity (Wildman–Crippen MR) is 127 cm³/mol. The molecule has 0 amide bonds. The van der Waals surface area contributed by atoms with Gasteiger partial charge in [0, 0.05) is 17.7 Å². The zero-order valence-electron chi connectivity index (χ0n) is 19.9. The zero-order valence-corrected chi connectivity index (χ0v) is 19.9. The van der Waals surface area contributed by atoms with Crippen molar-refractivity contribution in [1.29, 1.82) is 0 Å². The number of allylic oxidation sites excluding steroid dienone is 1. The molecule has 32 heavy (non-hydrogen) atoms. The highest BCUT2D eigenvalue weighted by Gasteiger charge is 2.39.